The first-order valence-corrected chi connectivity index (χ1v) is 11.2. The zero-order chi connectivity index (χ0) is 25.0. The van der Waals surface area contributed by atoms with E-state index in [0.717, 1.165) is 28.8 Å². The number of aromatic nitrogens is 2. The van der Waals surface area contributed by atoms with Gasteiger partial charge in [-0.2, -0.15) is 18.4 Å². The van der Waals surface area contributed by atoms with Gasteiger partial charge in [0, 0.05) is 29.3 Å². The van der Waals surface area contributed by atoms with Crippen molar-refractivity contribution in [2.45, 2.75) is 45.2 Å². The van der Waals surface area contributed by atoms with E-state index < -0.39 is 17.2 Å². The van der Waals surface area contributed by atoms with Gasteiger partial charge in [0.2, 0.25) is 0 Å². The lowest BCUT2D eigenvalue weighted by Crippen LogP contribution is -2.35. The summed E-state index contributed by atoms with van der Waals surface area (Å²) in [5.41, 5.74) is 7.65. The molecule has 1 aliphatic carbocycles. The molecule has 10 heteroatoms. The molecule has 1 amide bonds. The second-order valence-corrected chi connectivity index (χ2v) is 9.16. The molecule has 0 spiro atoms. The third-order valence-corrected chi connectivity index (χ3v) is 6.67. The van der Waals surface area contributed by atoms with Crippen molar-refractivity contribution in [3.05, 3.63) is 64.5 Å². The number of halogens is 3. The molecule has 1 fully saturated rings. The Bertz CT molecular complexity index is 1360. The molecular weight excluding hydrogens is 459 g/mol. The Balaban J connectivity index is 1.49. The first-order chi connectivity index (χ1) is 16.6. The van der Waals surface area contributed by atoms with E-state index in [9.17, 15) is 23.2 Å². The molecule has 0 bridgehead atoms. The minimum Gasteiger partial charge on any atom is -0.383 e. The number of nitrogen functional groups attached to an aromatic ring is 1. The highest BCUT2D eigenvalue weighted by molar-refractivity contribution is 5.99. The second-order valence-electron chi connectivity index (χ2n) is 9.16. The van der Waals surface area contributed by atoms with Crippen LogP contribution in [0.5, 0.6) is 0 Å². The normalized spacial score (nSPS) is 18.2. The summed E-state index contributed by atoms with van der Waals surface area (Å²) in [6, 6.07) is 9.57. The molecule has 1 saturated carbocycles. The van der Waals surface area contributed by atoms with E-state index in [1.807, 2.05) is 6.92 Å². The fraction of sp³-hybridized carbons (Fsp3) is 0.360. The summed E-state index contributed by atoms with van der Waals surface area (Å²) in [7, 11) is 0. The van der Waals surface area contributed by atoms with Crippen molar-refractivity contribution in [1.82, 2.24) is 14.9 Å². The highest BCUT2D eigenvalue weighted by atomic mass is 19.4. The SMILES string of the molecule is CC1OCc2c1c(N)nc1ccc(C(=O)N(Cc3ccc(C(F)(F)F)cn3)CC3(C#N)CC3)cc21. The molecule has 0 saturated heterocycles. The minimum absolute atomic E-state index is 0.0172. The van der Waals surface area contributed by atoms with Gasteiger partial charge < -0.3 is 15.4 Å². The van der Waals surface area contributed by atoms with E-state index in [1.54, 1.807) is 18.2 Å². The maximum Gasteiger partial charge on any atom is 0.417 e. The van der Waals surface area contributed by atoms with E-state index in [2.05, 4.69) is 16.0 Å². The molecule has 5 rings (SSSR count). The number of nitrogens with zero attached hydrogens (tertiary/aromatic N) is 4. The van der Waals surface area contributed by atoms with Crippen molar-refractivity contribution < 1.29 is 22.7 Å². The highest BCUT2D eigenvalue weighted by Gasteiger charge is 2.45. The molecule has 180 valence electrons. The summed E-state index contributed by atoms with van der Waals surface area (Å²) in [5.74, 6) is 0.0592. The fourth-order valence-corrected chi connectivity index (χ4v) is 4.48. The monoisotopic (exact) mass is 481 g/mol. The van der Waals surface area contributed by atoms with Crippen LogP contribution in [-0.2, 0) is 24.1 Å². The van der Waals surface area contributed by atoms with Crippen molar-refractivity contribution in [2.75, 3.05) is 12.3 Å². The van der Waals surface area contributed by atoms with E-state index >= 15 is 0 Å². The smallest absolute Gasteiger partial charge is 0.383 e. The number of rotatable bonds is 5. The number of carbonyl (C=O) groups excluding carboxylic acids is 1. The van der Waals surface area contributed by atoms with Crippen LogP contribution in [0.25, 0.3) is 10.9 Å². The van der Waals surface area contributed by atoms with Crippen LogP contribution in [0.4, 0.5) is 19.0 Å². The maximum absolute atomic E-state index is 13.6. The van der Waals surface area contributed by atoms with Crippen molar-refractivity contribution in [3.63, 3.8) is 0 Å². The number of carbonyl (C=O) groups is 1. The zero-order valence-electron chi connectivity index (χ0n) is 18.9. The number of alkyl halides is 3. The van der Waals surface area contributed by atoms with Gasteiger partial charge in [0.05, 0.1) is 47.5 Å². The third kappa shape index (κ3) is 4.28. The Morgan fingerprint density at radius 1 is 1.31 bits per heavy atom. The van der Waals surface area contributed by atoms with Crippen molar-refractivity contribution in [1.29, 1.82) is 5.26 Å². The molecule has 0 radical (unpaired) electrons. The van der Waals surface area contributed by atoms with Crippen molar-refractivity contribution in [3.8, 4) is 6.07 Å². The van der Waals surface area contributed by atoms with Gasteiger partial charge in [-0.25, -0.2) is 4.98 Å². The first kappa shape index (κ1) is 23.1. The van der Waals surface area contributed by atoms with Gasteiger partial charge in [-0.05, 0) is 55.7 Å². The zero-order valence-corrected chi connectivity index (χ0v) is 18.9. The summed E-state index contributed by atoms with van der Waals surface area (Å²) in [6.07, 6.45) is -2.61. The Labute approximate surface area is 199 Å². The number of fused-ring (bicyclic) bond motifs is 3. The van der Waals surface area contributed by atoms with E-state index in [1.165, 1.54) is 11.0 Å². The quantitative estimate of drug-likeness (QED) is 0.563. The lowest BCUT2D eigenvalue weighted by molar-refractivity contribution is -0.137. The third-order valence-electron chi connectivity index (χ3n) is 6.67. The molecule has 1 aromatic carbocycles. The number of nitrogens with two attached hydrogens (primary N) is 1. The van der Waals surface area contributed by atoms with Gasteiger partial charge in [-0.15, -0.1) is 0 Å². The summed E-state index contributed by atoms with van der Waals surface area (Å²) in [5, 5.41) is 10.3. The number of hydrogen-bond acceptors (Lipinski definition) is 6. The predicted molar refractivity (Wildman–Crippen MR) is 121 cm³/mol. The number of benzene rings is 1. The summed E-state index contributed by atoms with van der Waals surface area (Å²) in [6.45, 7) is 2.40. The lowest BCUT2D eigenvalue weighted by Gasteiger charge is -2.25. The van der Waals surface area contributed by atoms with Gasteiger partial charge >= 0.3 is 6.18 Å². The number of amides is 1. The van der Waals surface area contributed by atoms with E-state index in [4.69, 9.17) is 10.5 Å². The Morgan fingerprint density at radius 2 is 2.09 bits per heavy atom. The van der Waals surface area contributed by atoms with Crippen LogP contribution in [0.1, 0.15) is 58.6 Å². The molecule has 1 aliphatic heterocycles. The van der Waals surface area contributed by atoms with Crippen LogP contribution in [0.3, 0.4) is 0 Å². The molecule has 7 nitrogen and oxygen atoms in total. The average Bonchev–Trinajstić information content (AvgIpc) is 3.49. The topological polar surface area (TPSA) is 105 Å². The van der Waals surface area contributed by atoms with Crippen LogP contribution in [0.2, 0.25) is 0 Å². The number of anilines is 1. The van der Waals surface area contributed by atoms with E-state index in [-0.39, 0.29) is 25.1 Å². The number of ether oxygens (including phenoxy) is 1. The molecule has 2 N–H and O–H groups in total. The number of nitriles is 1. The van der Waals surface area contributed by atoms with Gasteiger partial charge in [-0.1, -0.05) is 0 Å². The lowest BCUT2D eigenvalue weighted by atomic mass is 9.99. The van der Waals surface area contributed by atoms with Crippen LogP contribution in [0, 0.1) is 16.7 Å². The van der Waals surface area contributed by atoms with Crippen LogP contribution in [0.15, 0.2) is 36.5 Å². The van der Waals surface area contributed by atoms with Crippen molar-refractivity contribution in [2.24, 2.45) is 5.41 Å². The molecule has 1 unspecified atom stereocenters. The number of pyridine rings is 2. The Hall–Kier alpha value is -3.71. The maximum atomic E-state index is 13.6. The minimum atomic E-state index is -4.50. The average molecular weight is 481 g/mol. The highest BCUT2D eigenvalue weighted by Crippen LogP contribution is 2.46. The van der Waals surface area contributed by atoms with Gasteiger partial charge in [-0.3, -0.25) is 9.78 Å². The van der Waals surface area contributed by atoms with Crippen LogP contribution in [-0.4, -0.2) is 27.3 Å². The molecule has 3 heterocycles. The molecule has 1 atom stereocenters. The van der Waals surface area contributed by atoms with Crippen LogP contribution >= 0.6 is 0 Å². The van der Waals surface area contributed by atoms with Gasteiger partial charge in [0.25, 0.3) is 5.91 Å². The van der Waals surface area contributed by atoms with Crippen molar-refractivity contribution >= 4 is 22.6 Å². The van der Waals surface area contributed by atoms with Gasteiger partial charge in [0.15, 0.2) is 0 Å². The molecule has 3 aromatic rings. The predicted octanol–water partition coefficient (Wildman–Crippen LogP) is 4.77. The molecular formula is C25H22F3N5O2. The summed E-state index contributed by atoms with van der Waals surface area (Å²) in [4.78, 5) is 23.5. The fourth-order valence-electron chi connectivity index (χ4n) is 4.48. The molecule has 2 aromatic heterocycles. The molecule has 35 heavy (non-hydrogen) atoms. The molecule has 2 aliphatic rings. The van der Waals surface area contributed by atoms with E-state index in [0.29, 0.717) is 42.0 Å². The Morgan fingerprint density at radius 3 is 2.71 bits per heavy atom. The first-order valence-electron chi connectivity index (χ1n) is 11.2. The summed E-state index contributed by atoms with van der Waals surface area (Å²) >= 11 is 0. The largest absolute Gasteiger partial charge is 0.417 e. The standard InChI is InChI=1S/C25H22F3N5O2/c1-14-21-19(11-35-14)18-8-15(2-5-20(18)32-22(21)30)23(34)33(13-24(12-29)6-7-24)10-17-4-3-16(9-31-17)25(26,27)28/h2-5,8-9,14H,6-7,10-11,13H2,1H3,(H2,30,32). The second kappa shape index (κ2) is 8.20. The number of hydrogen-bond donors (Lipinski definition) is 1. The van der Waals surface area contributed by atoms with Crippen LogP contribution < -0.4 is 5.73 Å². The Kier molecular flexibility index (Phi) is 5.40. The van der Waals surface area contributed by atoms with Gasteiger partial charge in [0.1, 0.15) is 5.82 Å². The summed E-state index contributed by atoms with van der Waals surface area (Å²) < 4.78 is 44.5.